The lowest BCUT2D eigenvalue weighted by Crippen LogP contribution is -2.37. The van der Waals surface area contributed by atoms with Crippen LogP contribution in [0.5, 0.6) is 0 Å². The van der Waals surface area contributed by atoms with Crippen LogP contribution in [0.25, 0.3) is 0 Å². The largest absolute Gasteiger partial charge is 0.347 e. The number of Topliss-reactive ketones (excluding diaryl/α,β-unsaturated/α-hetero) is 1. The molecule has 17 heavy (non-hydrogen) atoms. The number of aromatic nitrogens is 2. The van der Waals surface area contributed by atoms with Gasteiger partial charge in [0.1, 0.15) is 6.54 Å². The van der Waals surface area contributed by atoms with Crippen molar-refractivity contribution in [1.29, 1.82) is 0 Å². The van der Waals surface area contributed by atoms with Gasteiger partial charge in [-0.05, 0) is 13.0 Å². The summed E-state index contributed by atoms with van der Waals surface area (Å²) in [5, 5.41) is 6.69. The SMILES string of the molecule is Cc1ccn(CC(=O)NCC(=O)C(C)(C)C)n1. The van der Waals surface area contributed by atoms with Crippen molar-refractivity contribution < 1.29 is 9.59 Å². The number of nitrogens with zero attached hydrogens (tertiary/aromatic N) is 2. The molecule has 0 aliphatic heterocycles. The van der Waals surface area contributed by atoms with Gasteiger partial charge in [-0.25, -0.2) is 0 Å². The Labute approximate surface area is 101 Å². The molecule has 1 heterocycles. The van der Waals surface area contributed by atoms with E-state index in [1.165, 1.54) is 0 Å². The maximum atomic E-state index is 11.6. The van der Waals surface area contributed by atoms with Gasteiger partial charge >= 0.3 is 0 Å². The van der Waals surface area contributed by atoms with Crippen LogP contribution >= 0.6 is 0 Å². The molecule has 0 aliphatic rings. The second-order valence-electron chi connectivity index (χ2n) is 5.10. The summed E-state index contributed by atoms with van der Waals surface area (Å²) >= 11 is 0. The minimum Gasteiger partial charge on any atom is -0.347 e. The molecule has 1 aromatic rings. The second kappa shape index (κ2) is 5.12. The van der Waals surface area contributed by atoms with Gasteiger partial charge < -0.3 is 5.32 Å². The van der Waals surface area contributed by atoms with E-state index in [0.29, 0.717) is 0 Å². The molecular weight excluding hydrogens is 218 g/mol. The Morgan fingerprint density at radius 3 is 2.53 bits per heavy atom. The zero-order valence-corrected chi connectivity index (χ0v) is 10.8. The molecule has 0 fully saturated rings. The topological polar surface area (TPSA) is 64.0 Å². The minimum absolute atomic E-state index is 0.0162. The third kappa shape index (κ3) is 4.38. The molecule has 0 unspecified atom stereocenters. The smallest absolute Gasteiger partial charge is 0.242 e. The molecule has 0 radical (unpaired) electrons. The summed E-state index contributed by atoms with van der Waals surface area (Å²) in [6.45, 7) is 7.57. The molecule has 5 heteroatoms. The van der Waals surface area contributed by atoms with Crippen LogP contribution in [-0.2, 0) is 16.1 Å². The van der Waals surface area contributed by atoms with E-state index in [-0.39, 0.29) is 24.8 Å². The molecule has 0 saturated heterocycles. The quantitative estimate of drug-likeness (QED) is 0.847. The Bertz CT molecular complexity index is 416. The van der Waals surface area contributed by atoms with Gasteiger partial charge in [0.05, 0.1) is 12.2 Å². The Kier molecular flexibility index (Phi) is 4.04. The number of carbonyl (C=O) groups is 2. The first kappa shape index (κ1) is 13.4. The summed E-state index contributed by atoms with van der Waals surface area (Å²) in [7, 11) is 0. The van der Waals surface area contributed by atoms with Crippen molar-refractivity contribution in [2.24, 2.45) is 5.41 Å². The molecule has 0 atom stereocenters. The van der Waals surface area contributed by atoms with Crippen LogP contribution in [0.1, 0.15) is 26.5 Å². The third-order valence-electron chi connectivity index (χ3n) is 2.36. The monoisotopic (exact) mass is 237 g/mol. The van der Waals surface area contributed by atoms with Gasteiger partial charge in [-0.1, -0.05) is 20.8 Å². The summed E-state index contributed by atoms with van der Waals surface area (Å²) in [6.07, 6.45) is 1.74. The van der Waals surface area contributed by atoms with Gasteiger partial charge in [-0.15, -0.1) is 0 Å². The first-order valence-electron chi connectivity index (χ1n) is 5.59. The Morgan fingerprint density at radius 2 is 2.06 bits per heavy atom. The molecule has 94 valence electrons. The first-order valence-corrected chi connectivity index (χ1v) is 5.59. The Morgan fingerprint density at radius 1 is 1.41 bits per heavy atom. The molecule has 0 aliphatic carbocycles. The van der Waals surface area contributed by atoms with E-state index in [1.807, 2.05) is 33.8 Å². The summed E-state index contributed by atoms with van der Waals surface area (Å²) in [6, 6.07) is 1.83. The number of ketones is 1. The molecular formula is C12H19N3O2. The number of carbonyl (C=O) groups excluding carboxylic acids is 2. The molecule has 1 rings (SSSR count). The molecule has 1 amide bonds. The highest BCUT2D eigenvalue weighted by Crippen LogP contribution is 2.13. The molecule has 1 N–H and O–H groups in total. The molecule has 1 aromatic heterocycles. The van der Waals surface area contributed by atoms with Crippen LogP contribution in [0.15, 0.2) is 12.3 Å². The van der Waals surface area contributed by atoms with Gasteiger partial charge in [0.25, 0.3) is 0 Å². The standard InChI is InChI=1S/C12H19N3O2/c1-9-5-6-15(14-9)8-11(17)13-7-10(16)12(2,3)4/h5-6H,7-8H2,1-4H3,(H,13,17). The average Bonchev–Trinajstić information content (AvgIpc) is 2.58. The fraction of sp³-hybridized carbons (Fsp3) is 0.583. The lowest BCUT2D eigenvalue weighted by Gasteiger charge is -2.16. The van der Waals surface area contributed by atoms with Crippen molar-refractivity contribution in [2.45, 2.75) is 34.2 Å². The fourth-order valence-corrected chi connectivity index (χ4v) is 1.20. The Balaban J connectivity index is 2.39. The number of rotatable bonds is 4. The Hall–Kier alpha value is -1.65. The van der Waals surface area contributed by atoms with Crippen molar-refractivity contribution in [2.75, 3.05) is 6.54 Å². The number of hydrogen-bond acceptors (Lipinski definition) is 3. The number of amides is 1. The molecule has 0 saturated carbocycles. The van der Waals surface area contributed by atoms with E-state index in [0.717, 1.165) is 5.69 Å². The molecule has 0 bridgehead atoms. The van der Waals surface area contributed by atoms with E-state index in [9.17, 15) is 9.59 Å². The number of aryl methyl sites for hydroxylation is 1. The molecule has 0 spiro atoms. The van der Waals surface area contributed by atoms with Gasteiger partial charge in [-0.3, -0.25) is 14.3 Å². The van der Waals surface area contributed by atoms with Crippen molar-refractivity contribution in [3.05, 3.63) is 18.0 Å². The van der Waals surface area contributed by atoms with Crippen molar-refractivity contribution >= 4 is 11.7 Å². The predicted octanol–water partition coefficient (Wildman–Crippen LogP) is 0.923. The summed E-state index contributed by atoms with van der Waals surface area (Å²) in [5.41, 5.74) is 0.443. The van der Waals surface area contributed by atoms with Gasteiger partial charge in [0, 0.05) is 11.6 Å². The summed E-state index contributed by atoms with van der Waals surface area (Å²) < 4.78 is 1.55. The van der Waals surface area contributed by atoms with Crippen molar-refractivity contribution in [3.63, 3.8) is 0 Å². The molecule has 0 aromatic carbocycles. The third-order valence-corrected chi connectivity index (χ3v) is 2.36. The maximum absolute atomic E-state index is 11.6. The highest BCUT2D eigenvalue weighted by atomic mass is 16.2. The minimum atomic E-state index is -0.421. The summed E-state index contributed by atoms with van der Waals surface area (Å²) in [4.78, 5) is 23.1. The van der Waals surface area contributed by atoms with Crippen molar-refractivity contribution in [3.8, 4) is 0 Å². The van der Waals surface area contributed by atoms with E-state index in [2.05, 4.69) is 10.4 Å². The summed E-state index contributed by atoms with van der Waals surface area (Å²) in [5.74, 6) is -0.187. The average molecular weight is 237 g/mol. The van der Waals surface area contributed by atoms with Crippen LogP contribution in [0.2, 0.25) is 0 Å². The van der Waals surface area contributed by atoms with E-state index in [4.69, 9.17) is 0 Å². The highest BCUT2D eigenvalue weighted by Gasteiger charge is 2.21. The lowest BCUT2D eigenvalue weighted by molar-refractivity contribution is -0.129. The molecule has 5 nitrogen and oxygen atoms in total. The maximum Gasteiger partial charge on any atom is 0.242 e. The normalized spacial score (nSPS) is 11.3. The lowest BCUT2D eigenvalue weighted by atomic mass is 9.91. The van der Waals surface area contributed by atoms with E-state index < -0.39 is 5.41 Å². The van der Waals surface area contributed by atoms with Gasteiger partial charge in [-0.2, -0.15) is 5.10 Å². The zero-order valence-electron chi connectivity index (χ0n) is 10.8. The highest BCUT2D eigenvalue weighted by molar-refractivity contribution is 5.89. The van der Waals surface area contributed by atoms with Gasteiger partial charge in [0.2, 0.25) is 5.91 Å². The van der Waals surface area contributed by atoms with Crippen LogP contribution in [0.3, 0.4) is 0 Å². The second-order valence-corrected chi connectivity index (χ2v) is 5.10. The number of hydrogen-bond donors (Lipinski definition) is 1. The van der Waals surface area contributed by atoms with Crippen LogP contribution in [-0.4, -0.2) is 28.0 Å². The van der Waals surface area contributed by atoms with Gasteiger partial charge in [0.15, 0.2) is 5.78 Å². The van der Waals surface area contributed by atoms with Crippen LogP contribution in [0, 0.1) is 12.3 Å². The zero-order chi connectivity index (χ0) is 13.1. The number of nitrogens with one attached hydrogen (secondary N) is 1. The predicted molar refractivity (Wildman–Crippen MR) is 64.4 cm³/mol. The van der Waals surface area contributed by atoms with Crippen LogP contribution in [0.4, 0.5) is 0 Å². The first-order chi connectivity index (χ1) is 7.79. The van der Waals surface area contributed by atoms with Crippen molar-refractivity contribution in [1.82, 2.24) is 15.1 Å². The van der Waals surface area contributed by atoms with E-state index >= 15 is 0 Å². The van der Waals surface area contributed by atoms with Crippen LogP contribution < -0.4 is 5.32 Å². The van der Waals surface area contributed by atoms with E-state index in [1.54, 1.807) is 10.9 Å². The fourth-order valence-electron chi connectivity index (χ4n) is 1.20.